The molecule has 0 aromatic carbocycles. The molecule has 6 aliphatic rings. The molecule has 6 saturated carbocycles. The Kier molecular flexibility index (Phi) is 7.22. The fraction of sp³-hybridized carbons (Fsp3) is 1.00. The summed E-state index contributed by atoms with van der Waals surface area (Å²) < 4.78 is 0. The summed E-state index contributed by atoms with van der Waals surface area (Å²) in [5.74, 6) is 13.5. The summed E-state index contributed by atoms with van der Waals surface area (Å²) in [5.41, 5.74) is 0. The minimum absolute atomic E-state index is 0.744. The molecule has 6 bridgehead atoms. The third-order valence-electron chi connectivity index (χ3n) is 11.0. The second-order valence-corrected chi connectivity index (χ2v) is 16.2. The summed E-state index contributed by atoms with van der Waals surface area (Å²) in [6, 6.07) is 0. The molecule has 176 valence electrons. The van der Waals surface area contributed by atoms with E-state index in [0.717, 1.165) is 74.8 Å². The lowest BCUT2D eigenvalue weighted by molar-refractivity contribution is 0.325. The average molecular weight is 497 g/mol. The topological polar surface area (TPSA) is 0 Å². The summed E-state index contributed by atoms with van der Waals surface area (Å²) in [5, 5.41) is 2.79. The molecule has 11 unspecified atom stereocenters. The van der Waals surface area contributed by atoms with Crippen molar-refractivity contribution in [1.29, 1.82) is 0 Å². The Hall–Kier alpha value is 1.40. The Morgan fingerprint density at radius 2 is 1.00 bits per heavy atom. The van der Waals surface area contributed by atoms with Crippen molar-refractivity contribution in [2.45, 2.75) is 92.8 Å². The Morgan fingerprint density at radius 3 is 1.42 bits per heavy atom. The predicted molar refractivity (Wildman–Crippen MR) is 146 cm³/mol. The number of fused-ring (bicyclic) bond motifs is 6. The first-order valence-corrected chi connectivity index (χ1v) is 16.9. The van der Waals surface area contributed by atoms with Gasteiger partial charge in [-0.1, -0.05) is 0 Å². The van der Waals surface area contributed by atoms with Crippen molar-refractivity contribution in [3.63, 3.8) is 0 Å². The highest BCUT2D eigenvalue weighted by atomic mass is 32.2. The number of hydrogen-bond acceptors (Lipinski definition) is 4. The van der Waals surface area contributed by atoms with E-state index in [2.05, 4.69) is 36.2 Å². The van der Waals surface area contributed by atoms with Crippen molar-refractivity contribution >= 4 is 48.8 Å². The highest BCUT2D eigenvalue weighted by Crippen LogP contribution is 2.57. The van der Waals surface area contributed by atoms with Crippen LogP contribution in [0.4, 0.5) is 0 Å². The van der Waals surface area contributed by atoms with E-state index >= 15 is 0 Å². The number of hydrogen-bond donors (Lipinski definition) is 2. The van der Waals surface area contributed by atoms with Gasteiger partial charge >= 0.3 is 0 Å². The van der Waals surface area contributed by atoms with Crippen LogP contribution in [0.1, 0.15) is 77.0 Å². The molecule has 0 heterocycles. The van der Waals surface area contributed by atoms with E-state index in [9.17, 15) is 0 Å². The van der Waals surface area contributed by atoms with Crippen molar-refractivity contribution in [2.24, 2.45) is 53.3 Å². The number of thioether (sulfide) groups is 2. The van der Waals surface area contributed by atoms with Gasteiger partial charge in [0, 0.05) is 15.7 Å². The van der Waals surface area contributed by atoms with Crippen LogP contribution >= 0.6 is 48.8 Å². The largest absolute Gasteiger partial charge is 0.179 e. The zero-order valence-corrected chi connectivity index (χ0v) is 22.7. The maximum Gasteiger partial charge on any atom is 0.00782 e. The quantitative estimate of drug-likeness (QED) is 0.297. The summed E-state index contributed by atoms with van der Waals surface area (Å²) in [7, 11) is 0. The molecular formula is C27H44S4. The van der Waals surface area contributed by atoms with Gasteiger partial charge in [0.1, 0.15) is 0 Å². The molecular weight excluding hydrogens is 453 g/mol. The van der Waals surface area contributed by atoms with Crippen molar-refractivity contribution in [1.82, 2.24) is 0 Å². The van der Waals surface area contributed by atoms with E-state index in [0.29, 0.717) is 0 Å². The summed E-state index contributed by atoms with van der Waals surface area (Å²) in [6.07, 6.45) is 18.2. The van der Waals surface area contributed by atoms with Crippen molar-refractivity contribution in [2.75, 3.05) is 17.3 Å². The van der Waals surface area contributed by atoms with Gasteiger partial charge in [-0.3, -0.25) is 0 Å². The highest BCUT2D eigenvalue weighted by molar-refractivity contribution is 8.00. The van der Waals surface area contributed by atoms with Gasteiger partial charge in [0.15, 0.2) is 0 Å². The molecule has 0 amide bonds. The maximum atomic E-state index is 4.80. The van der Waals surface area contributed by atoms with Crippen molar-refractivity contribution < 1.29 is 0 Å². The van der Waals surface area contributed by atoms with E-state index in [1.807, 2.05) is 0 Å². The third kappa shape index (κ3) is 4.65. The molecule has 0 saturated heterocycles. The lowest BCUT2D eigenvalue weighted by Gasteiger charge is -2.30. The predicted octanol–water partition coefficient (Wildman–Crippen LogP) is 7.73. The van der Waals surface area contributed by atoms with Crippen LogP contribution in [0.15, 0.2) is 0 Å². The molecule has 0 nitrogen and oxygen atoms in total. The molecule has 6 fully saturated rings. The van der Waals surface area contributed by atoms with Gasteiger partial charge in [-0.15, -0.1) is 0 Å². The molecule has 0 radical (unpaired) electrons. The first-order valence-electron chi connectivity index (χ1n) is 13.7. The van der Waals surface area contributed by atoms with Gasteiger partial charge < -0.3 is 0 Å². The lowest BCUT2D eigenvalue weighted by Crippen LogP contribution is -2.23. The minimum Gasteiger partial charge on any atom is -0.179 e. The van der Waals surface area contributed by atoms with E-state index in [4.69, 9.17) is 12.6 Å². The number of rotatable bonds is 10. The SMILES string of the molecule is SCCC1C[C@H]2CC1CC2SCCC1CC2CC1CC2SCCC1CC2CC1CC2S. The number of thiol groups is 2. The fourth-order valence-corrected chi connectivity index (χ4v) is 13.5. The van der Waals surface area contributed by atoms with Crippen LogP contribution in [0.5, 0.6) is 0 Å². The van der Waals surface area contributed by atoms with Crippen LogP contribution in [0, 0.1) is 53.3 Å². The second kappa shape index (κ2) is 9.81. The second-order valence-electron chi connectivity index (χ2n) is 12.4. The molecule has 0 aromatic heterocycles. The normalized spacial score (nSPS) is 52.1. The maximum absolute atomic E-state index is 4.80. The van der Waals surface area contributed by atoms with E-state index in [1.165, 1.54) is 56.5 Å². The van der Waals surface area contributed by atoms with Gasteiger partial charge in [-0.2, -0.15) is 48.8 Å². The first kappa shape index (κ1) is 22.8. The minimum atomic E-state index is 0.744. The average Bonchev–Trinajstić information content (AvgIpc) is 3.57. The standard InChI is InChI=1S/C27H44S4/c28-4-1-16-8-23-11-20(16)14-26(23)31-6-3-18-9-24-12-21(18)15-27(24)30-5-2-17-7-22-10-19(17)13-25(22)29/h16-29H,1-15H2/t16?,17?,18?,19?,20?,21?,22?,23-,24?,25?,26?,27?/m0/s1. The first-order chi connectivity index (χ1) is 15.2. The Morgan fingerprint density at radius 1 is 0.516 bits per heavy atom. The smallest absolute Gasteiger partial charge is 0.00782 e. The van der Waals surface area contributed by atoms with Crippen LogP contribution in [-0.2, 0) is 0 Å². The third-order valence-corrected chi connectivity index (χ3v) is 14.8. The van der Waals surface area contributed by atoms with Crippen LogP contribution in [0.25, 0.3) is 0 Å². The van der Waals surface area contributed by atoms with Crippen LogP contribution in [-0.4, -0.2) is 33.0 Å². The van der Waals surface area contributed by atoms with E-state index in [1.54, 1.807) is 32.1 Å². The molecule has 0 aliphatic heterocycles. The van der Waals surface area contributed by atoms with Gasteiger partial charge in [0.2, 0.25) is 0 Å². The zero-order chi connectivity index (χ0) is 20.9. The lowest BCUT2D eigenvalue weighted by atomic mass is 9.86. The van der Waals surface area contributed by atoms with E-state index in [-0.39, 0.29) is 0 Å². The Labute approximate surface area is 211 Å². The molecule has 0 aromatic rings. The molecule has 6 rings (SSSR count). The molecule has 0 N–H and O–H groups in total. The van der Waals surface area contributed by atoms with E-state index < -0.39 is 0 Å². The Balaban J connectivity index is 0.868. The summed E-state index contributed by atoms with van der Waals surface area (Å²) in [6.45, 7) is 0. The van der Waals surface area contributed by atoms with Gasteiger partial charge in [0.25, 0.3) is 0 Å². The Bertz CT molecular complexity index is 622. The summed E-state index contributed by atoms with van der Waals surface area (Å²) in [4.78, 5) is 0. The molecule has 0 spiro atoms. The molecule has 6 aliphatic carbocycles. The molecule has 4 heteroatoms. The molecule has 31 heavy (non-hydrogen) atoms. The van der Waals surface area contributed by atoms with Crippen LogP contribution in [0.2, 0.25) is 0 Å². The zero-order valence-electron chi connectivity index (χ0n) is 19.2. The highest BCUT2D eigenvalue weighted by Gasteiger charge is 2.48. The van der Waals surface area contributed by atoms with Gasteiger partial charge in [-0.05, 0) is 148 Å². The van der Waals surface area contributed by atoms with Crippen LogP contribution < -0.4 is 0 Å². The van der Waals surface area contributed by atoms with Gasteiger partial charge in [0.05, 0.1) is 0 Å². The van der Waals surface area contributed by atoms with Gasteiger partial charge in [-0.25, -0.2) is 0 Å². The fourth-order valence-electron chi connectivity index (χ4n) is 9.42. The van der Waals surface area contributed by atoms with Crippen molar-refractivity contribution in [3.05, 3.63) is 0 Å². The molecule has 12 atom stereocenters. The monoisotopic (exact) mass is 496 g/mol. The van der Waals surface area contributed by atoms with Crippen molar-refractivity contribution in [3.8, 4) is 0 Å². The van der Waals surface area contributed by atoms with Crippen LogP contribution in [0.3, 0.4) is 0 Å². The summed E-state index contributed by atoms with van der Waals surface area (Å²) >= 11 is 14.1.